The van der Waals surface area contributed by atoms with Crippen LogP contribution in [0.5, 0.6) is 0 Å². The van der Waals surface area contributed by atoms with Gasteiger partial charge in [-0.1, -0.05) is 96.8 Å². The minimum Gasteiger partial charge on any atom is -0.550 e. The molecule has 0 atom stereocenters. The number of carbonyl (C=O) groups excluding carboxylic acids is 1. The molecule has 0 heterocycles. The second kappa shape index (κ2) is 20.4. The van der Waals surface area contributed by atoms with Crippen LogP contribution in [-0.2, 0) is 31.0 Å². The number of carboxylic acids is 1. The van der Waals surface area contributed by atoms with Crippen LogP contribution in [0.4, 0.5) is 0 Å². The maximum Gasteiger partial charge on any atom is 1.00 e. The van der Waals surface area contributed by atoms with E-state index in [2.05, 4.69) is 6.92 Å². The molecule has 2 nitrogen and oxygen atoms in total. The average Bonchev–Trinajstić information content (AvgIpc) is 2.43. The summed E-state index contributed by atoms with van der Waals surface area (Å²) in [5.41, 5.74) is 0. The van der Waals surface area contributed by atoms with E-state index in [9.17, 15) is 9.90 Å². The summed E-state index contributed by atoms with van der Waals surface area (Å²) in [6.45, 7) is 2.27. The van der Waals surface area contributed by atoms with E-state index in [-0.39, 0.29) is 32.6 Å². The summed E-state index contributed by atoms with van der Waals surface area (Å²) < 4.78 is 0. The fraction of sp³-hybridized carbons (Fsp3) is 0.944. The molecule has 0 aromatic carbocycles. The molecule has 3 heteroatoms. The number of rotatable bonds is 16. The molecule has 21 heavy (non-hydrogen) atoms. The third kappa shape index (κ3) is 22.8. The van der Waals surface area contributed by atoms with Crippen molar-refractivity contribution >= 4 is 5.97 Å². The van der Waals surface area contributed by atoms with Crippen LogP contribution in [0.3, 0.4) is 0 Å². The van der Waals surface area contributed by atoms with E-state index < -0.39 is 5.97 Å². The molecule has 0 aliphatic heterocycles. The van der Waals surface area contributed by atoms with Gasteiger partial charge in [-0.05, 0) is 12.8 Å². The van der Waals surface area contributed by atoms with Crippen molar-refractivity contribution in [1.82, 2.24) is 0 Å². The molecule has 0 aromatic rings. The first-order valence-corrected chi connectivity index (χ1v) is 8.97. The first-order chi connectivity index (χ1) is 9.77. The van der Waals surface area contributed by atoms with Crippen LogP contribution >= 0.6 is 0 Å². The predicted octanol–water partition coefficient (Wildman–Crippen LogP) is 5.00. The van der Waals surface area contributed by atoms with Gasteiger partial charge in [-0.25, -0.2) is 0 Å². The first-order valence-electron chi connectivity index (χ1n) is 8.97. The second-order valence-corrected chi connectivity index (χ2v) is 6.07. The summed E-state index contributed by atoms with van der Waals surface area (Å²) in [4.78, 5) is 10.2. The van der Waals surface area contributed by atoms with Crippen molar-refractivity contribution in [3.63, 3.8) is 0 Å². The van der Waals surface area contributed by atoms with Gasteiger partial charge in [-0.2, -0.15) is 0 Å². The molecule has 0 saturated carbocycles. The van der Waals surface area contributed by atoms with E-state index in [0.29, 0.717) is 0 Å². The third-order valence-electron chi connectivity index (χ3n) is 3.98. The van der Waals surface area contributed by atoms with Crippen molar-refractivity contribution in [2.45, 2.75) is 110 Å². The molecule has 0 saturated heterocycles. The van der Waals surface area contributed by atoms with Crippen LogP contribution in [0, 0.1) is 0 Å². The standard InChI is InChI=1S/C18H36O2.Zr/c1-2-3-4-5-6-7-8-9-10-11-12-13-14-15-16-17-18(19)20;/h2-17H2,1H3,(H,19,20);/q;+1/p-1. The number of unbranched alkanes of at least 4 members (excludes halogenated alkanes) is 14. The zero-order valence-electron chi connectivity index (χ0n) is 14.1. The summed E-state index contributed by atoms with van der Waals surface area (Å²) in [6, 6.07) is 0. The molecule has 0 fully saturated rings. The van der Waals surface area contributed by atoms with Crippen molar-refractivity contribution in [3.05, 3.63) is 0 Å². The van der Waals surface area contributed by atoms with Gasteiger partial charge in [-0.3, -0.25) is 0 Å². The van der Waals surface area contributed by atoms with Crippen LogP contribution in [0.15, 0.2) is 0 Å². The largest absolute Gasteiger partial charge is 1.00 e. The minimum absolute atomic E-state index is 0. The summed E-state index contributed by atoms with van der Waals surface area (Å²) in [6.07, 6.45) is 19.9. The smallest absolute Gasteiger partial charge is 0.550 e. The molecule has 0 bridgehead atoms. The van der Waals surface area contributed by atoms with E-state index in [0.717, 1.165) is 12.8 Å². The normalized spacial score (nSPS) is 10.3. The van der Waals surface area contributed by atoms with E-state index in [4.69, 9.17) is 0 Å². The van der Waals surface area contributed by atoms with Gasteiger partial charge in [0.25, 0.3) is 0 Å². The van der Waals surface area contributed by atoms with Gasteiger partial charge in [0, 0.05) is 5.97 Å². The minimum atomic E-state index is -0.903. The zero-order chi connectivity index (χ0) is 14.9. The number of carboxylic acid groups (broad SMARTS) is 1. The van der Waals surface area contributed by atoms with Crippen molar-refractivity contribution in [2.24, 2.45) is 0 Å². The van der Waals surface area contributed by atoms with E-state index in [1.54, 1.807) is 0 Å². The molecule has 0 unspecified atom stereocenters. The molecule has 0 aliphatic rings. The molecule has 123 valence electrons. The fourth-order valence-corrected chi connectivity index (χ4v) is 2.64. The summed E-state index contributed by atoms with van der Waals surface area (Å²) in [5, 5.41) is 10.2. The zero-order valence-corrected chi connectivity index (χ0v) is 16.6. The average molecular weight is 375 g/mol. The van der Waals surface area contributed by atoms with Crippen LogP contribution in [0.2, 0.25) is 0 Å². The van der Waals surface area contributed by atoms with Gasteiger partial charge in [0.1, 0.15) is 0 Å². The van der Waals surface area contributed by atoms with Gasteiger partial charge in [0.15, 0.2) is 0 Å². The molecule has 1 radical (unpaired) electrons. The molecule has 0 amide bonds. The Hall–Kier alpha value is 0.353. The topological polar surface area (TPSA) is 40.1 Å². The Bertz CT molecular complexity index is 207. The van der Waals surface area contributed by atoms with Gasteiger partial charge >= 0.3 is 26.2 Å². The second-order valence-electron chi connectivity index (χ2n) is 6.07. The van der Waals surface area contributed by atoms with E-state index in [1.165, 1.54) is 83.5 Å². The first kappa shape index (κ1) is 23.6. The summed E-state index contributed by atoms with van der Waals surface area (Å²) in [7, 11) is 0. The Morgan fingerprint density at radius 1 is 0.619 bits per heavy atom. The fourth-order valence-electron chi connectivity index (χ4n) is 2.64. The third-order valence-corrected chi connectivity index (χ3v) is 3.98. The van der Waals surface area contributed by atoms with Crippen molar-refractivity contribution < 1.29 is 36.1 Å². The Balaban J connectivity index is 0. The quantitative estimate of drug-likeness (QED) is 0.357. The van der Waals surface area contributed by atoms with Gasteiger partial charge < -0.3 is 9.90 Å². The number of hydrogen-bond donors (Lipinski definition) is 0. The van der Waals surface area contributed by atoms with Gasteiger partial charge in [0.2, 0.25) is 0 Å². The molecule has 0 aliphatic carbocycles. The predicted molar refractivity (Wildman–Crippen MR) is 84.6 cm³/mol. The monoisotopic (exact) mass is 373 g/mol. The van der Waals surface area contributed by atoms with Crippen LogP contribution < -0.4 is 5.11 Å². The number of carbonyl (C=O) groups is 1. The molecule has 0 aromatic heterocycles. The number of hydrogen-bond acceptors (Lipinski definition) is 2. The van der Waals surface area contributed by atoms with Crippen LogP contribution in [-0.4, -0.2) is 5.97 Å². The molecular weight excluding hydrogens is 339 g/mol. The Labute approximate surface area is 151 Å². The summed E-state index contributed by atoms with van der Waals surface area (Å²) >= 11 is 0. The Morgan fingerprint density at radius 2 is 0.905 bits per heavy atom. The molecule has 0 spiro atoms. The van der Waals surface area contributed by atoms with Gasteiger partial charge in [0.05, 0.1) is 0 Å². The van der Waals surface area contributed by atoms with Crippen LogP contribution in [0.25, 0.3) is 0 Å². The van der Waals surface area contributed by atoms with Crippen molar-refractivity contribution in [1.29, 1.82) is 0 Å². The maximum absolute atomic E-state index is 10.2. The Kier molecular flexibility index (Phi) is 22.9. The Morgan fingerprint density at radius 3 is 1.19 bits per heavy atom. The van der Waals surface area contributed by atoms with E-state index >= 15 is 0 Å². The van der Waals surface area contributed by atoms with E-state index in [1.807, 2.05) is 0 Å². The summed E-state index contributed by atoms with van der Waals surface area (Å²) in [5.74, 6) is -0.903. The molecular formula is C18H35O2Zr. The maximum atomic E-state index is 10.2. The number of aliphatic carboxylic acids is 1. The molecule has 0 N–H and O–H groups in total. The van der Waals surface area contributed by atoms with Crippen LogP contribution in [0.1, 0.15) is 110 Å². The molecule has 0 rings (SSSR count). The van der Waals surface area contributed by atoms with Crippen molar-refractivity contribution in [2.75, 3.05) is 0 Å². The van der Waals surface area contributed by atoms with Crippen molar-refractivity contribution in [3.8, 4) is 0 Å². The SMILES string of the molecule is CCCCCCCCCCCCCCCCCC(=O)[O-].[Zr+]. The van der Waals surface area contributed by atoms with Gasteiger partial charge in [-0.15, -0.1) is 0 Å².